The van der Waals surface area contributed by atoms with Crippen LogP contribution in [0.15, 0.2) is 18.8 Å². The molecule has 0 aliphatic rings. The number of imidazole rings is 1. The van der Waals surface area contributed by atoms with Crippen LogP contribution in [0.3, 0.4) is 0 Å². The summed E-state index contributed by atoms with van der Waals surface area (Å²) in [6.45, 7) is 9.88. The summed E-state index contributed by atoms with van der Waals surface area (Å²) in [6, 6.07) is 1.98. The smallest absolute Gasteiger partial charge is 0.161 e. The maximum Gasteiger partial charge on any atom is 0.161 e. The quantitative estimate of drug-likeness (QED) is 0.770. The van der Waals surface area contributed by atoms with Crippen molar-refractivity contribution in [2.45, 2.75) is 20.8 Å². The molecule has 2 rings (SSSR count). The molecule has 0 spiro atoms. The van der Waals surface area contributed by atoms with Crippen molar-refractivity contribution in [2.24, 2.45) is 0 Å². The molecule has 0 bridgehead atoms. The van der Waals surface area contributed by atoms with Crippen LogP contribution in [0.4, 0.5) is 5.69 Å². The zero-order chi connectivity index (χ0) is 11.2. The third kappa shape index (κ3) is 1.31. The number of hydrogen-bond donors (Lipinski definition) is 1. The zero-order valence-corrected chi connectivity index (χ0v) is 9.33. The highest BCUT2D eigenvalue weighted by atomic mass is 15.0. The Labute approximate surface area is 89.2 Å². The van der Waals surface area contributed by atoms with Gasteiger partial charge in [0, 0.05) is 17.5 Å². The van der Waals surface area contributed by atoms with Crippen molar-refractivity contribution in [2.75, 3.05) is 5.73 Å². The molecule has 0 saturated carbocycles. The van der Waals surface area contributed by atoms with Crippen molar-refractivity contribution < 1.29 is 0 Å². The van der Waals surface area contributed by atoms with Gasteiger partial charge in [-0.3, -0.25) is 0 Å². The van der Waals surface area contributed by atoms with Gasteiger partial charge < -0.3 is 10.1 Å². The summed E-state index contributed by atoms with van der Waals surface area (Å²) in [5.41, 5.74) is 11.7. The molecule has 0 aliphatic carbocycles. The van der Waals surface area contributed by atoms with Gasteiger partial charge in [0.05, 0.1) is 11.4 Å². The van der Waals surface area contributed by atoms with E-state index in [0.29, 0.717) is 5.69 Å². The summed E-state index contributed by atoms with van der Waals surface area (Å²) in [7, 11) is 0. The first kappa shape index (κ1) is 9.77. The summed E-state index contributed by atoms with van der Waals surface area (Å²) in [6.07, 6.45) is 1.99. The van der Waals surface area contributed by atoms with Gasteiger partial charge in [-0.2, -0.15) is 0 Å². The Bertz CT molecular complexity index is 549. The molecule has 2 aromatic rings. The first-order valence-corrected chi connectivity index (χ1v) is 4.92. The lowest BCUT2D eigenvalue weighted by atomic mass is 10.1. The van der Waals surface area contributed by atoms with Crippen molar-refractivity contribution in [1.29, 1.82) is 0 Å². The summed E-state index contributed by atoms with van der Waals surface area (Å²) in [4.78, 5) is 4.45. The summed E-state index contributed by atoms with van der Waals surface area (Å²) in [5.74, 6) is 0. The molecule has 0 atom stereocenters. The Balaban J connectivity index is 2.85. The first-order chi connectivity index (χ1) is 7.02. The van der Waals surface area contributed by atoms with Crippen molar-refractivity contribution in [1.82, 2.24) is 9.38 Å². The number of aromatic nitrogens is 2. The van der Waals surface area contributed by atoms with Crippen LogP contribution in [0.1, 0.15) is 23.9 Å². The van der Waals surface area contributed by atoms with Crippen LogP contribution >= 0.6 is 0 Å². The molecule has 0 unspecified atom stereocenters. The van der Waals surface area contributed by atoms with Crippen molar-refractivity contribution in [3.05, 3.63) is 35.8 Å². The summed E-state index contributed by atoms with van der Waals surface area (Å²) >= 11 is 0. The van der Waals surface area contributed by atoms with E-state index in [4.69, 9.17) is 5.73 Å². The number of aryl methyl sites for hydroxylation is 2. The molecule has 78 valence electrons. The Kier molecular flexibility index (Phi) is 2.03. The van der Waals surface area contributed by atoms with Crippen LogP contribution < -0.4 is 5.73 Å². The predicted molar refractivity (Wildman–Crippen MR) is 63.8 cm³/mol. The molecule has 2 heterocycles. The fourth-order valence-electron chi connectivity index (χ4n) is 1.73. The maximum absolute atomic E-state index is 6.06. The fraction of sp³-hybridized carbons (Fsp3) is 0.250. The molecular formula is C12H15N3. The Morgan fingerprint density at radius 2 is 2.13 bits per heavy atom. The van der Waals surface area contributed by atoms with E-state index in [9.17, 15) is 0 Å². The second-order valence-corrected chi connectivity index (χ2v) is 3.90. The third-order valence-corrected chi connectivity index (χ3v) is 2.77. The third-order valence-electron chi connectivity index (χ3n) is 2.77. The normalized spacial score (nSPS) is 10.9. The minimum Gasteiger partial charge on any atom is -0.395 e. The molecule has 2 aromatic heterocycles. The van der Waals surface area contributed by atoms with E-state index in [2.05, 4.69) is 11.6 Å². The summed E-state index contributed by atoms with van der Waals surface area (Å²) in [5, 5.41) is 0. The molecule has 2 N–H and O–H groups in total. The summed E-state index contributed by atoms with van der Waals surface area (Å²) < 4.78 is 2.01. The van der Waals surface area contributed by atoms with Crippen molar-refractivity contribution in [3.63, 3.8) is 0 Å². The number of anilines is 1. The lowest BCUT2D eigenvalue weighted by Crippen LogP contribution is -1.98. The standard InChI is InChI=1S/C12H15N3/c1-7(2)10-5-6-15-9(4)8(3)14-12(15)11(10)13/h5-6H,1,13H2,2-4H3. The Morgan fingerprint density at radius 1 is 1.47 bits per heavy atom. The number of fused-ring (bicyclic) bond motifs is 1. The second kappa shape index (κ2) is 3.12. The lowest BCUT2D eigenvalue weighted by Gasteiger charge is -2.06. The minimum absolute atomic E-state index is 0.709. The van der Waals surface area contributed by atoms with Gasteiger partial charge in [-0.05, 0) is 32.4 Å². The van der Waals surface area contributed by atoms with Gasteiger partial charge in [0.25, 0.3) is 0 Å². The van der Waals surface area contributed by atoms with E-state index >= 15 is 0 Å². The molecule has 0 fully saturated rings. The first-order valence-electron chi connectivity index (χ1n) is 4.92. The van der Waals surface area contributed by atoms with Gasteiger partial charge in [0.1, 0.15) is 0 Å². The molecule has 0 saturated heterocycles. The molecule has 0 aliphatic heterocycles. The minimum atomic E-state index is 0.709. The van der Waals surface area contributed by atoms with Crippen LogP contribution in [-0.4, -0.2) is 9.38 Å². The maximum atomic E-state index is 6.06. The highest BCUT2D eigenvalue weighted by Crippen LogP contribution is 2.25. The van der Waals surface area contributed by atoms with E-state index in [-0.39, 0.29) is 0 Å². The number of allylic oxidation sites excluding steroid dienone is 1. The highest BCUT2D eigenvalue weighted by Gasteiger charge is 2.10. The average molecular weight is 201 g/mol. The molecule has 0 amide bonds. The van der Waals surface area contributed by atoms with Crippen LogP contribution in [0.5, 0.6) is 0 Å². The van der Waals surface area contributed by atoms with Gasteiger partial charge in [-0.25, -0.2) is 4.98 Å². The molecule has 15 heavy (non-hydrogen) atoms. The topological polar surface area (TPSA) is 43.3 Å². The molecule has 0 radical (unpaired) electrons. The number of nitrogens with two attached hydrogens (primary N) is 1. The Morgan fingerprint density at radius 3 is 2.73 bits per heavy atom. The highest BCUT2D eigenvalue weighted by molar-refractivity contribution is 5.81. The Hall–Kier alpha value is -1.77. The van der Waals surface area contributed by atoms with E-state index in [1.807, 2.05) is 37.4 Å². The molecule has 3 nitrogen and oxygen atoms in total. The predicted octanol–water partition coefficient (Wildman–Crippen LogP) is 2.57. The second-order valence-electron chi connectivity index (χ2n) is 3.90. The van der Waals surface area contributed by atoms with Gasteiger partial charge in [-0.1, -0.05) is 6.58 Å². The van der Waals surface area contributed by atoms with E-state index in [1.54, 1.807) is 0 Å². The molecule has 3 heteroatoms. The van der Waals surface area contributed by atoms with Crippen molar-refractivity contribution >= 4 is 16.9 Å². The van der Waals surface area contributed by atoms with Gasteiger partial charge in [0.2, 0.25) is 0 Å². The average Bonchev–Trinajstić information content (AvgIpc) is 2.45. The molecule has 0 aromatic carbocycles. The zero-order valence-electron chi connectivity index (χ0n) is 9.33. The number of nitrogens with zero attached hydrogens (tertiary/aromatic N) is 2. The number of nitrogen functional groups attached to an aromatic ring is 1. The SMILES string of the molecule is C=C(C)c1ccn2c(C)c(C)nc2c1N. The van der Waals surface area contributed by atoms with Crippen LogP contribution in [0.2, 0.25) is 0 Å². The molecular weight excluding hydrogens is 186 g/mol. The fourth-order valence-corrected chi connectivity index (χ4v) is 1.73. The van der Waals surface area contributed by atoms with E-state index < -0.39 is 0 Å². The number of pyridine rings is 1. The number of rotatable bonds is 1. The van der Waals surface area contributed by atoms with Gasteiger partial charge >= 0.3 is 0 Å². The largest absolute Gasteiger partial charge is 0.395 e. The van der Waals surface area contributed by atoms with Gasteiger partial charge in [0.15, 0.2) is 5.65 Å². The van der Waals surface area contributed by atoms with Gasteiger partial charge in [-0.15, -0.1) is 0 Å². The van der Waals surface area contributed by atoms with Crippen LogP contribution in [0, 0.1) is 13.8 Å². The van der Waals surface area contributed by atoms with Crippen LogP contribution in [0.25, 0.3) is 11.2 Å². The van der Waals surface area contributed by atoms with Crippen LogP contribution in [-0.2, 0) is 0 Å². The van der Waals surface area contributed by atoms with E-state index in [0.717, 1.165) is 28.2 Å². The number of hydrogen-bond acceptors (Lipinski definition) is 2. The van der Waals surface area contributed by atoms with Crippen molar-refractivity contribution in [3.8, 4) is 0 Å². The van der Waals surface area contributed by atoms with E-state index in [1.165, 1.54) is 0 Å². The lowest BCUT2D eigenvalue weighted by molar-refractivity contribution is 1.09. The monoisotopic (exact) mass is 201 g/mol.